The van der Waals surface area contributed by atoms with Crippen LogP contribution in [0.3, 0.4) is 0 Å². The summed E-state index contributed by atoms with van der Waals surface area (Å²) in [5.41, 5.74) is 7.87. The fourth-order valence-electron chi connectivity index (χ4n) is 2.85. The van der Waals surface area contributed by atoms with E-state index in [9.17, 15) is 9.59 Å². The highest BCUT2D eigenvalue weighted by molar-refractivity contribution is 7.09. The largest absolute Gasteiger partial charge is 0.334 e. The number of anilines is 1. The van der Waals surface area contributed by atoms with Crippen LogP contribution < -0.4 is 11.1 Å². The van der Waals surface area contributed by atoms with Crippen molar-refractivity contribution in [3.05, 3.63) is 45.9 Å². The third-order valence-corrected chi connectivity index (χ3v) is 5.16. The second-order valence-corrected chi connectivity index (χ2v) is 7.19. The molecule has 138 valence electrons. The summed E-state index contributed by atoms with van der Waals surface area (Å²) in [5.74, 6) is -0.0803. The number of piperazine rings is 1. The Morgan fingerprint density at radius 1 is 1.23 bits per heavy atom. The molecule has 1 aromatic heterocycles. The highest BCUT2D eigenvalue weighted by atomic mass is 32.1. The van der Waals surface area contributed by atoms with Crippen LogP contribution in [0.15, 0.2) is 29.6 Å². The molecule has 1 aromatic carbocycles. The number of aryl methyl sites for hydroxylation is 1. The Labute approximate surface area is 156 Å². The lowest BCUT2D eigenvalue weighted by molar-refractivity contribution is 0.0666. The molecule has 0 atom stereocenters. The number of urea groups is 1. The number of aromatic nitrogens is 1. The van der Waals surface area contributed by atoms with Crippen LogP contribution in [0.25, 0.3) is 0 Å². The number of amides is 3. The van der Waals surface area contributed by atoms with Gasteiger partial charge in [-0.15, -0.1) is 11.3 Å². The molecule has 3 rings (SSSR count). The van der Waals surface area contributed by atoms with E-state index in [1.165, 1.54) is 11.3 Å². The number of rotatable bonds is 4. The first-order valence-electron chi connectivity index (χ1n) is 8.63. The van der Waals surface area contributed by atoms with Gasteiger partial charge in [0.1, 0.15) is 5.69 Å². The molecule has 1 fully saturated rings. The topological polar surface area (TPSA) is 91.6 Å². The van der Waals surface area contributed by atoms with Gasteiger partial charge in [-0.3, -0.25) is 4.79 Å². The Hall–Kier alpha value is -2.45. The normalized spacial score (nSPS) is 14.4. The monoisotopic (exact) mass is 373 g/mol. The van der Waals surface area contributed by atoms with Crippen LogP contribution in [0, 0.1) is 6.92 Å². The lowest BCUT2D eigenvalue weighted by Crippen LogP contribution is -2.51. The summed E-state index contributed by atoms with van der Waals surface area (Å²) < 4.78 is 0. The van der Waals surface area contributed by atoms with Gasteiger partial charge in [0.2, 0.25) is 0 Å². The smallest absolute Gasteiger partial charge is 0.321 e. The second-order valence-electron chi connectivity index (χ2n) is 6.24. The molecule has 0 saturated carbocycles. The third kappa shape index (κ3) is 4.39. The van der Waals surface area contributed by atoms with Crippen molar-refractivity contribution in [1.29, 1.82) is 0 Å². The van der Waals surface area contributed by atoms with Gasteiger partial charge in [-0.2, -0.15) is 0 Å². The summed E-state index contributed by atoms with van der Waals surface area (Å²) in [6, 6.07) is 7.55. The Bertz CT molecular complexity index is 783. The van der Waals surface area contributed by atoms with Gasteiger partial charge in [0.05, 0.1) is 5.01 Å². The van der Waals surface area contributed by atoms with E-state index in [2.05, 4.69) is 10.3 Å². The molecule has 1 aliphatic rings. The zero-order chi connectivity index (χ0) is 18.5. The summed E-state index contributed by atoms with van der Waals surface area (Å²) in [7, 11) is 0. The Balaban J connectivity index is 1.53. The number of hydrogen-bond donors (Lipinski definition) is 2. The Morgan fingerprint density at radius 3 is 2.65 bits per heavy atom. The van der Waals surface area contributed by atoms with Crippen molar-refractivity contribution >= 4 is 29.0 Å². The lowest BCUT2D eigenvalue weighted by atomic mass is 10.2. The fourth-order valence-corrected chi connectivity index (χ4v) is 3.64. The van der Waals surface area contributed by atoms with E-state index in [1.54, 1.807) is 15.2 Å². The van der Waals surface area contributed by atoms with Gasteiger partial charge in [-0.1, -0.05) is 12.1 Å². The van der Waals surface area contributed by atoms with Gasteiger partial charge in [-0.25, -0.2) is 9.78 Å². The highest BCUT2D eigenvalue weighted by Crippen LogP contribution is 2.15. The average Bonchev–Trinajstić information content (AvgIpc) is 3.10. The number of benzene rings is 1. The predicted molar refractivity (Wildman–Crippen MR) is 103 cm³/mol. The first-order chi connectivity index (χ1) is 12.6. The molecule has 26 heavy (non-hydrogen) atoms. The van der Waals surface area contributed by atoms with Gasteiger partial charge in [-0.05, 0) is 31.2 Å². The molecule has 3 N–H and O–H groups in total. The number of thiazole rings is 1. The van der Waals surface area contributed by atoms with E-state index in [0.717, 1.165) is 16.3 Å². The molecule has 0 aliphatic carbocycles. The van der Waals surface area contributed by atoms with Crippen LogP contribution in [0.1, 0.15) is 21.1 Å². The van der Waals surface area contributed by atoms with Gasteiger partial charge < -0.3 is 20.9 Å². The maximum absolute atomic E-state index is 12.5. The second kappa shape index (κ2) is 8.29. The molecule has 1 aliphatic heterocycles. The number of carbonyl (C=O) groups is 2. The van der Waals surface area contributed by atoms with Gasteiger partial charge in [0.25, 0.3) is 5.91 Å². The molecule has 8 heteroatoms. The minimum Gasteiger partial charge on any atom is -0.334 e. The number of nitrogens with zero attached hydrogens (tertiary/aromatic N) is 3. The van der Waals surface area contributed by atoms with E-state index >= 15 is 0 Å². The van der Waals surface area contributed by atoms with Crippen molar-refractivity contribution in [3.8, 4) is 0 Å². The predicted octanol–water partition coefficient (Wildman–Crippen LogP) is 1.94. The van der Waals surface area contributed by atoms with Gasteiger partial charge in [0, 0.05) is 43.7 Å². The maximum atomic E-state index is 12.5. The first-order valence-corrected chi connectivity index (χ1v) is 9.51. The molecule has 0 bridgehead atoms. The van der Waals surface area contributed by atoms with Crippen LogP contribution in [0.4, 0.5) is 10.5 Å². The molecule has 2 heterocycles. The summed E-state index contributed by atoms with van der Waals surface area (Å²) in [5, 5.41) is 5.57. The van der Waals surface area contributed by atoms with E-state index in [1.807, 2.05) is 31.2 Å². The zero-order valence-corrected chi connectivity index (χ0v) is 15.6. The molecule has 1 saturated heterocycles. The molecule has 3 amide bonds. The van der Waals surface area contributed by atoms with Crippen molar-refractivity contribution in [2.75, 3.05) is 38.0 Å². The van der Waals surface area contributed by atoms with Crippen molar-refractivity contribution in [2.45, 2.75) is 13.3 Å². The van der Waals surface area contributed by atoms with E-state index in [4.69, 9.17) is 5.73 Å². The standard InChI is InChI=1S/C18H23N5O2S/c1-13-3-2-4-14(11-13)20-18(25)23-9-7-22(8-10-23)17(24)15-12-26-16(21-15)5-6-19/h2-4,11-12H,5-10,19H2,1H3,(H,20,25). The minimum atomic E-state index is -0.137. The molecule has 0 radical (unpaired) electrons. The molecule has 0 spiro atoms. The summed E-state index contributed by atoms with van der Waals surface area (Å²) in [6.45, 7) is 4.52. The Kier molecular flexibility index (Phi) is 5.85. The summed E-state index contributed by atoms with van der Waals surface area (Å²) >= 11 is 1.46. The van der Waals surface area contributed by atoms with Crippen LogP contribution in [0.2, 0.25) is 0 Å². The van der Waals surface area contributed by atoms with Crippen LogP contribution in [-0.2, 0) is 6.42 Å². The number of carbonyl (C=O) groups excluding carboxylic acids is 2. The SMILES string of the molecule is Cc1cccc(NC(=O)N2CCN(C(=O)c3csc(CCN)n3)CC2)c1. The third-order valence-electron chi connectivity index (χ3n) is 4.25. The van der Waals surface area contributed by atoms with E-state index in [0.29, 0.717) is 44.8 Å². The molecular weight excluding hydrogens is 350 g/mol. The van der Waals surface area contributed by atoms with E-state index < -0.39 is 0 Å². The van der Waals surface area contributed by atoms with Crippen molar-refractivity contribution in [1.82, 2.24) is 14.8 Å². The van der Waals surface area contributed by atoms with Gasteiger partial charge in [0.15, 0.2) is 0 Å². The summed E-state index contributed by atoms with van der Waals surface area (Å²) in [6.07, 6.45) is 0.685. The average molecular weight is 373 g/mol. The van der Waals surface area contributed by atoms with Crippen LogP contribution in [0.5, 0.6) is 0 Å². The molecule has 0 unspecified atom stereocenters. The first kappa shape index (κ1) is 18.3. The van der Waals surface area contributed by atoms with Crippen LogP contribution >= 0.6 is 11.3 Å². The number of nitrogens with one attached hydrogen (secondary N) is 1. The maximum Gasteiger partial charge on any atom is 0.321 e. The van der Waals surface area contributed by atoms with Crippen molar-refractivity contribution in [3.63, 3.8) is 0 Å². The van der Waals surface area contributed by atoms with Crippen molar-refractivity contribution < 1.29 is 9.59 Å². The Morgan fingerprint density at radius 2 is 1.96 bits per heavy atom. The van der Waals surface area contributed by atoms with Crippen molar-refractivity contribution in [2.24, 2.45) is 5.73 Å². The number of hydrogen-bond acceptors (Lipinski definition) is 5. The number of nitrogens with two attached hydrogens (primary N) is 1. The summed E-state index contributed by atoms with van der Waals surface area (Å²) in [4.78, 5) is 32.8. The fraction of sp³-hybridized carbons (Fsp3) is 0.389. The zero-order valence-electron chi connectivity index (χ0n) is 14.8. The lowest BCUT2D eigenvalue weighted by Gasteiger charge is -2.34. The van der Waals surface area contributed by atoms with Crippen LogP contribution in [-0.4, -0.2) is 59.4 Å². The quantitative estimate of drug-likeness (QED) is 0.857. The van der Waals surface area contributed by atoms with Gasteiger partial charge >= 0.3 is 6.03 Å². The minimum absolute atomic E-state index is 0.0803. The van der Waals surface area contributed by atoms with E-state index in [-0.39, 0.29) is 11.9 Å². The molecule has 7 nitrogen and oxygen atoms in total. The molecular formula is C18H23N5O2S. The highest BCUT2D eigenvalue weighted by Gasteiger charge is 2.26. The molecule has 2 aromatic rings.